The Kier molecular flexibility index (Phi) is 7.17. The number of hydrogen-bond donors (Lipinski definition) is 1. The zero-order chi connectivity index (χ0) is 23.9. The highest BCUT2D eigenvalue weighted by atomic mass is 16.5. The number of methoxy groups -OCH3 is 1. The quantitative estimate of drug-likeness (QED) is 0.519. The molecule has 8 nitrogen and oxygen atoms in total. The van der Waals surface area contributed by atoms with Crippen LogP contribution in [-0.4, -0.2) is 44.8 Å². The van der Waals surface area contributed by atoms with E-state index in [1.54, 1.807) is 61.4 Å². The number of ether oxygens (including phenoxy) is 4. The summed E-state index contributed by atoms with van der Waals surface area (Å²) in [5, 5.41) is 2.80. The van der Waals surface area contributed by atoms with Gasteiger partial charge in [0.25, 0.3) is 11.8 Å². The van der Waals surface area contributed by atoms with Crippen molar-refractivity contribution in [3.8, 4) is 23.0 Å². The second-order valence-electron chi connectivity index (χ2n) is 7.61. The van der Waals surface area contributed by atoms with Crippen LogP contribution in [0.15, 0.2) is 72.8 Å². The Morgan fingerprint density at radius 3 is 2.53 bits per heavy atom. The van der Waals surface area contributed by atoms with Gasteiger partial charge in [0.2, 0.25) is 0 Å². The average molecular weight is 463 g/mol. The molecule has 1 unspecified atom stereocenters. The maximum absolute atomic E-state index is 12.8. The SMILES string of the molecule is COc1cccc(OCC(=O)Nc2ccc3c(c2)N(CCOc2ccccc2)C(=O)C(C)O3)c1. The lowest BCUT2D eigenvalue weighted by Crippen LogP contribution is -2.46. The van der Waals surface area contributed by atoms with Gasteiger partial charge in [-0.05, 0) is 49.4 Å². The summed E-state index contributed by atoms with van der Waals surface area (Å²) in [7, 11) is 1.56. The molecular weight excluding hydrogens is 436 g/mol. The molecule has 0 saturated carbocycles. The van der Waals surface area contributed by atoms with E-state index in [0.717, 1.165) is 5.75 Å². The average Bonchev–Trinajstić information content (AvgIpc) is 2.86. The molecule has 0 bridgehead atoms. The van der Waals surface area contributed by atoms with E-state index in [2.05, 4.69) is 5.32 Å². The Bertz CT molecular complexity index is 1150. The first-order valence-electron chi connectivity index (χ1n) is 10.9. The molecule has 0 radical (unpaired) electrons. The van der Waals surface area contributed by atoms with E-state index in [4.69, 9.17) is 18.9 Å². The lowest BCUT2D eigenvalue weighted by molar-refractivity contribution is -0.125. The highest BCUT2D eigenvalue weighted by Crippen LogP contribution is 2.36. The minimum absolute atomic E-state index is 0.172. The van der Waals surface area contributed by atoms with Gasteiger partial charge >= 0.3 is 0 Å². The summed E-state index contributed by atoms with van der Waals surface area (Å²) in [6.45, 7) is 2.19. The number of rotatable bonds is 9. The molecule has 3 aromatic carbocycles. The minimum Gasteiger partial charge on any atom is -0.497 e. The molecule has 1 N–H and O–H groups in total. The second kappa shape index (κ2) is 10.6. The van der Waals surface area contributed by atoms with Gasteiger partial charge in [-0.15, -0.1) is 0 Å². The van der Waals surface area contributed by atoms with Crippen molar-refractivity contribution in [1.82, 2.24) is 0 Å². The summed E-state index contributed by atoms with van der Waals surface area (Å²) in [6.07, 6.45) is -0.610. The van der Waals surface area contributed by atoms with Crippen molar-refractivity contribution in [2.24, 2.45) is 0 Å². The Labute approximate surface area is 198 Å². The number of para-hydroxylation sites is 1. The van der Waals surface area contributed by atoms with Gasteiger partial charge in [-0.1, -0.05) is 24.3 Å². The number of fused-ring (bicyclic) bond motifs is 1. The number of anilines is 2. The number of nitrogens with one attached hydrogen (secondary N) is 1. The van der Waals surface area contributed by atoms with Crippen LogP contribution in [0, 0.1) is 0 Å². The van der Waals surface area contributed by atoms with Gasteiger partial charge < -0.3 is 29.2 Å². The molecule has 2 amide bonds. The van der Waals surface area contributed by atoms with Crippen molar-refractivity contribution in [3.63, 3.8) is 0 Å². The number of carbonyl (C=O) groups excluding carboxylic acids is 2. The van der Waals surface area contributed by atoms with Crippen molar-refractivity contribution in [1.29, 1.82) is 0 Å². The smallest absolute Gasteiger partial charge is 0.267 e. The number of hydrogen-bond acceptors (Lipinski definition) is 6. The van der Waals surface area contributed by atoms with Crippen molar-refractivity contribution >= 4 is 23.2 Å². The highest BCUT2D eigenvalue weighted by Gasteiger charge is 2.31. The van der Waals surface area contributed by atoms with Gasteiger partial charge in [0.05, 0.1) is 19.3 Å². The molecule has 34 heavy (non-hydrogen) atoms. The first kappa shape index (κ1) is 23.0. The maximum Gasteiger partial charge on any atom is 0.267 e. The summed E-state index contributed by atoms with van der Waals surface area (Å²) in [5.74, 6) is 1.96. The van der Waals surface area contributed by atoms with Gasteiger partial charge in [0, 0.05) is 11.8 Å². The van der Waals surface area contributed by atoms with Crippen LogP contribution in [0.25, 0.3) is 0 Å². The van der Waals surface area contributed by atoms with Crippen LogP contribution < -0.4 is 29.2 Å². The Morgan fingerprint density at radius 2 is 1.74 bits per heavy atom. The molecule has 1 aliphatic heterocycles. The van der Waals surface area contributed by atoms with E-state index in [-0.39, 0.29) is 18.4 Å². The van der Waals surface area contributed by atoms with Crippen LogP contribution in [0.3, 0.4) is 0 Å². The van der Waals surface area contributed by atoms with Crippen molar-refractivity contribution in [3.05, 3.63) is 72.8 Å². The van der Waals surface area contributed by atoms with Crippen molar-refractivity contribution in [2.75, 3.05) is 37.1 Å². The fraction of sp³-hybridized carbons (Fsp3) is 0.231. The molecular formula is C26H26N2O6. The number of benzene rings is 3. The molecule has 1 heterocycles. The van der Waals surface area contributed by atoms with Crippen LogP contribution in [0.4, 0.5) is 11.4 Å². The van der Waals surface area contributed by atoms with Crippen LogP contribution in [0.2, 0.25) is 0 Å². The fourth-order valence-electron chi connectivity index (χ4n) is 3.52. The zero-order valence-corrected chi connectivity index (χ0v) is 19.0. The first-order chi connectivity index (χ1) is 16.5. The van der Waals surface area contributed by atoms with Crippen LogP contribution in [0.5, 0.6) is 23.0 Å². The molecule has 8 heteroatoms. The number of amides is 2. The highest BCUT2D eigenvalue weighted by molar-refractivity contribution is 6.01. The molecule has 1 aliphatic rings. The largest absolute Gasteiger partial charge is 0.497 e. The number of nitrogens with zero attached hydrogens (tertiary/aromatic N) is 1. The van der Waals surface area contributed by atoms with E-state index < -0.39 is 6.10 Å². The lowest BCUT2D eigenvalue weighted by atomic mass is 10.1. The topological polar surface area (TPSA) is 86.3 Å². The Morgan fingerprint density at radius 1 is 0.971 bits per heavy atom. The van der Waals surface area contributed by atoms with Crippen molar-refractivity contribution < 1.29 is 28.5 Å². The number of carbonyl (C=O) groups is 2. The molecule has 0 saturated heterocycles. The van der Waals surface area contributed by atoms with E-state index in [1.807, 2.05) is 30.3 Å². The third kappa shape index (κ3) is 5.58. The zero-order valence-electron chi connectivity index (χ0n) is 19.0. The third-order valence-electron chi connectivity index (χ3n) is 5.19. The van der Waals surface area contributed by atoms with E-state index in [0.29, 0.717) is 41.8 Å². The van der Waals surface area contributed by atoms with Crippen LogP contribution in [-0.2, 0) is 9.59 Å². The molecule has 3 aromatic rings. The Hall–Kier alpha value is -4.20. The molecule has 176 valence electrons. The molecule has 0 aliphatic carbocycles. The normalized spacial score (nSPS) is 14.6. The molecule has 0 spiro atoms. The van der Waals surface area contributed by atoms with Gasteiger partial charge in [-0.2, -0.15) is 0 Å². The third-order valence-corrected chi connectivity index (χ3v) is 5.19. The van der Waals surface area contributed by atoms with Crippen molar-refractivity contribution in [2.45, 2.75) is 13.0 Å². The van der Waals surface area contributed by atoms with Gasteiger partial charge in [0.15, 0.2) is 12.7 Å². The van der Waals surface area contributed by atoms with Gasteiger partial charge in [-0.3, -0.25) is 9.59 Å². The minimum atomic E-state index is -0.610. The molecule has 0 aromatic heterocycles. The second-order valence-corrected chi connectivity index (χ2v) is 7.61. The standard InChI is InChI=1S/C26H26N2O6/c1-18-26(30)28(13-14-32-20-7-4-3-5-8-20)23-15-19(11-12-24(23)34-18)27-25(29)17-33-22-10-6-9-21(16-22)31-2/h3-12,15-16,18H,13-14,17H2,1-2H3,(H,27,29). The van der Waals surface area contributed by atoms with E-state index in [9.17, 15) is 9.59 Å². The first-order valence-corrected chi connectivity index (χ1v) is 10.9. The van der Waals surface area contributed by atoms with Crippen LogP contribution >= 0.6 is 0 Å². The summed E-state index contributed by atoms with van der Waals surface area (Å²) < 4.78 is 22.2. The van der Waals surface area contributed by atoms with Crippen LogP contribution in [0.1, 0.15) is 6.92 Å². The molecule has 0 fully saturated rings. The summed E-state index contributed by atoms with van der Waals surface area (Å²) >= 11 is 0. The summed E-state index contributed by atoms with van der Waals surface area (Å²) in [5.41, 5.74) is 1.10. The van der Waals surface area contributed by atoms with Gasteiger partial charge in [-0.25, -0.2) is 0 Å². The fourth-order valence-corrected chi connectivity index (χ4v) is 3.52. The molecule has 4 rings (SSSR count). The maximum atomic E-state index is 12.8. The predicted octanol–water partition coefficient (Wildman–Crippen LogP) is 3.91. The summed E-state index contributed by atoms with van der Waals surface area (Å²) in [6, 6.07) is 21.6. The summed E-state index contributed by atoms with van der Waals surface area (Å²) in [4.78, 5) is 26.9. The van der Waals surface area contributed by atoms with E-state index >= 15 is 0 Å². The lowest BCUT2D eigenvalue weighted by Gasteiger charge is -2.33. The Balaban J connectivity index is 1.41. The monoisotopic (exact) mass is 462 g/mol. The molecule has 1 atom stereocenters. The van der Waals surface area contributed by atoms with E-state index in [1.165, 1.54) is 0 Å². The van der Waals surface area contributed by atoms with Gasteiger partial charge in [0.1, 0.15) is 29.6 Å². The predicted molar refractivity (Wildman–Crippen MR) is 128 cm³/mol.